The standard InChI is InChI=1S/C14H20ClNO3S/c1-11-10-16(9-7-14(11)17)20(18,19)13-4-2-12(3-5-13)6-8-15/h2-5,11,14,17H,6-10H2,1H3. The van der Waals surface area contributed by atoms with Crippen LogP contribution in [0.5, 0.6) is 0 Å². The van der Waals surface area contributed by atoms with Crippen LogP contribution in [0.1, 0.15) is 18.9 Å². The van der Waals surface area contributed by atoms with Gasteiger partial charge in [-0.3, -0.25) is 0 Å². The number of piperidine rings is 1. The molecular weight excluding hydrogens is 298 g/mol. The summed E-state index contributed by atoms with van der Waals surface area (Å²) in [7, 11) is -3.46. The normalized spacial score (nSPS) is 24.8. The summed E-state index contributed by atoms with van der Waals surface area (Å²) in [6.45, 7) is 2.61. The first-order chi connectivity index (χ1) is 9.45. The van der Waals surface area contributed by atoms with Crippen LogP contribution >= 0.6 is 11.6 Å². The van der Waals surface area contributed by atoms with E-state index < -0.39 is 16.1 Å². The zero-order valence-corrected chi connectivity index (χ0v) is 13.1. The minimum absolute atomic E-state index is 0.0333. The van der Waals surface area contributed by atoms with Crippen molar-refractivity contribution in [3.8, 4) is 0 Å². The average molecular weight is 318 g/mol. The number of hydrogen-bond acceptors (Lipinski definition) is 3. The van der Waals surface area contributed by atoms with Crippen molar-refractivity contribution in [2.24, 2.45) is 5.92 Å². The summed E-state index contributed by atoms with van der Waals surface area (Å²) in [6, 6.07) is 6.87. The van der Waals surface area contributed by atoms with Gasteiger partial charge in [-0.25, -0.2) is 8.42 Å². The van der Waals surface area contributed by atoms with E-state index in [0.29, 0.717) is 30.3 Å². The molecule has 0 radical (unpaired) electrons. The maximum atomic E-state index is 12.5. The molecule has 4 nitrogen and oxygen atoms in total. The van der Waals surface area contributed by atoms with Gasteiger partial charge in [0.25, 0.3) is 0 Å². The first-order valence-corrected chi connectivity index (χ1v) is 8.75. The second-order valence-electron chi connectivity index (χ2n) is 5.28. The molecule has 20 heavy (non-hydrogen) atoms. The topological polar surface area (TPSA) is 57.6 Å². The Morgan fingerprint density at radius 3 is 2.55 bits per heavy atom. The Morgan fingerprint density at radius 1 is 1.35 bits per heavy atom. The zero-order valence-electron chi connectivity index (χ0n) is 11.5. The van der Waals surface area contributed by atoms with Gasteiger partial charge in [0.05, 0.1) is 11.0 Å². The van der Waals surface area contributed by atoms with E-state index in [-0.39, 0.29) is 5.92 Å². The van der Waals surface area contributed by atoms with E-state index in [1.54, 1.807) is 24.3 Å². The number of hydrogen-bond donors (Lipinski definition) is 1. The molecule has 0 aromatic heterocycles. The minimum atomic E-state index is -3.46. The van der Waals surface area contributed by atoms with Gasteiger partial charge in [0.2, 0.25) is 10.0 Å². The monoisotopic (exact) mass is 317 g/mol. The van der Waals surface area contributed by atoms with Gasteiger partial charge in [-0.2, -0.15) is 4.31 Å². The van der Waals surface area contributed by atoms with Crippen molar-refractivity contribution in [1.29, 1.82) is 0 Å². The molecule has 0 bridgehead atoms. The highest BCUT2D eigenvalue weighted by molar-refractivity contribution is 7.89. The summed E-state index contributed by atoms with van der Waals surface area (Å²) < 4.78 is 26.5. The smallest absolute Gasteiger partial charge is 0.243 e. The highest BCUT2D eigenvalue weighted by atomic mass is 35.5. The van der Waals surface area contributed by atoms with Crippen LogP contribution in [0.3, 0.4) is 0 Å². The molecule has 2 unspecified atom stereocenters. The molecule has 1 fully saturated rings. The number of aliphatic hydroxyl groups is 1. The lowest BCUT2D eigenvalue weighted by molar-refractivity contribution is 0.0628. The third-order valence-corrected chi connectivity index (χ3v) is 5.84. The van der Waals surface area contributed by atoms with Crippen molar-refractivity contribution < 1.29 is 13.5 Å². The predicted molar refractivity (Wildman–Crippen MR) is 79.4 cm³/mol. The summed E-state index contributed by atoms with van der Waals surface area (Å²) in [5.74, 6) is 0.488. The van der Waals surface area contributed by atoms with E-state index in [1.807, 2.05) is 6.92 Å². The van der Waals surface area contributed by atoms with Crippen LogP contribution in [0, 0.1) is 5.92 Å². The summed E-state index contributed by atoms with van der Waals surface area (Å²) in [4.78, 5) is 0.305. The molecule has 1 aliphatic rings. The number of nitrogens with zero attached hydrogens (tertiary/aromatic N) is 1. The Kier molecular flexibility index (Phi) is 5.07. The van der Waals surface area contributed by atoms with Crippen molar-refractivity contribution in [2.75, 3.05) is 19.0 Å². The number of sulfonamides is 1. The molecule has 1 saturated heterocycles. The number of aryl methyl sites for hydroxylation is 1. The second-order valence-corrected chi connectivity index (χ2v) is 7.60. The van der Waals surface area contributed by atoms with Gasteiger partial charge in [-0.1, -0.05) is 19.1 Å². The van der Waals surface area contributed by atoms with Crippen molar-refractivity contribution >= 4 is 21.6 Å². The van der Waals surface area contributed by atoms with Gasteiger partial charge < -0.3 is 5.11 Å². The Hall–Kier alpha value is -0.620. The lowest BCUT2D eigenvalue weighted by Crippen LogP contribution is -2.44. The van der Waals surface area contributed by atoms with Crippen LogP contribution < -0.4 is 0 Å². The van der Waals surface area contributed by atoms with Crippen LogP contribution in [0.4, 0.5) is 0 Å². The molecule has 0 aliphatic carbocycles. The molecule has 6 heteroatoms. The fourth-order valence-electron chi connectivity index (χ4n) is 2.40. The Morgan fingerprint density at radius 2 is 2.00 bits per heavy atom. The molecule has 112 valence electrons. The van der Waals surface area contributed by atoms with Gasteiger partial charge in [-0.05, 0) is 36.5 Å². The van der Waals surface area contributed by atoms with E-state index in [2.05, 4.69) is 0 Å². The molecule has 2 atom stereocenters. The Labute approximate surface area is 125 Å². The SMILES string of the molecule is CC1CN(S(=O)(=O)c2ccc(CCCl)cc2)CCC1O. The summed E-state index contributed by atoms with van der Waals surface area (Å²) in [5, 5.41) is 9.69. The summed E-state index contributed by atoms with van der Waals surface area (Å²) in [6.07, 6.45) is 0.812. The molecular formula is C14H20ClNO3S. The fourth-order valence-corrected chi connectivity index (χ4v) is 4.17. The molecule has 0 saturated carbocycles. The third-order valence-electron chi connectivity index (χ3n) is 3.77. The highest BCUT2D eigenvalue weighted by Crippen LogP contribution is 2.24. The van der Waals surface area contributed by atoms with Crippen molar-refractivity contribution in [2.45, 2.75) is 30.8 Å². The lowest BCUT2D eigenvalue weighted by atomic mass is 9.99. The van der Waals surface area contributed by atoms with Crippen molar-refractivity contribution in [3.63, 3.8) is 0 Å². The van der Waals surface area contributed by atoms with Gasteiger partial charge in [0.1, 0.15) is 0 Å². The molecule has 1 N–H and O–H groups in total. The second kappa shape index (κ2) is 6.43. The fraction of sp³-hybridized carbons (Fsp3) is 0.571. The number of aliphatic hydroxyl groups excluding tert-OH is 1. The van der Waals surface area contributed by atoms with E-state index >= 15 is 0 Å². The maximum absolute atomic E-state index is 12.5. The van der Waals surface area contributed by atoms with E-state index in [1.165, 1.54) is 4.31 Å². The quantitative estimate of drug-likeness (QED) is 0.862. The van der Waals surface area contributed by atoms with Gasteiger partial charge in [0.15, 0.2) is 0 Å². The molecule has 0 amide bonds. The molecule has 1 heterocycles. The van der Waals surface area contributed by atoms with E-state index in [0.717, 1.165) is 12.0 Å². The highest BCUT2D eigenvalue weighted by Gasteiger charge is 2.32. The van der Waals surface area contributed by atoms with E-state index in [4.69, 9.17) is 11.6 Å². The van der Waals surface area contributed by atoms with Crippen LogP contribution in [-0.4, -0.2) is 42.9 Å². The molecule has 2 rings (SSSR count). The summed E-state index contributed by atoms with van der Waals surface area (Å²) >= 11 is 5.67. The van der Waals surface area contributed by atoms with Crippen LogP contribution in [0.15, 0.2) is 29.2 Å². The zero-order chi connectivity index (χ0) is 14.8. The molecule has 1 aromatic carbocycles. The predicted octanol–water partition coefficient (Wildman–Crippen LogP) is 1.86. The minimum Gasteiger partial charge on any atom is -0.393 e. The first kappa shape index (κ1) is 15.8. The average Bonchev–Trinajstić information content (AvgIpc) is 2.43. The van der Waals surface area contributed by atoms with Gasteiger partial charge in [-0.15, -0.1) is 11.6 Å². The third kappa shape index (κ3) is 3.34. The maximum Gasteiger partial charge on any atom is 0.243 e. The number of benzene rings is 1. The number of rotatable bonds is 4. The Balaban J connectivity index is 2.17. The van der Waals surface area contributed by atoms with Gasteiger partial charge in [0, 0.05) is 19.0 Å². The number of alkyl halides is 1. The largest absolute Gasteiger partial charge is 0.393 e. The first-order valence-electron chi connectivity index (χ1n) is 6.78. The summed E-state index contributed by atoms with van der Waals surface area (Å²) in [5.41, 5.74) is 1.03. The van der Waals surface area contributed by atoms with Crippen molar-refractivity contribution in [1.82, 2.24) is 4.31 Å². The van der Waals surface area contributed by atoms with Crippen LogP contribution in [0.25, 0.3) is 0 Å². The lowest BCUT2D eigenvalue weighted by Gasteiger charge is -2.33. The number of halogens is 1. The van der Waals surface area contributed by atoms with E-state index in [9.17, 15) is 13.5 Å². The van der Waals surface area contributed by atoms with Crippen molar-refractivity contribution in [3.05, 3.63) is 29.8 Å². The van der Waals surface area contributed by atoms with Crippen LogP contribution in [-0.2, 0) is 16.4 Å². The Bertz CT molecular complexity index is 544. The molecule has 1 aromatic rings. The van der Waals surface area contributed by atoms with Gasteiger partial charge >= 0.3 is 0 Å². The van der Waals surface area contributed by atoms with Crippen LogP contribution in [0.2, 0.25) is 0 Å². The molecule has 0 spiro atoms. The molecule has 1 aliphatic heterocycles.